The van der Waals surface area contributed by atoms with Crippen molar-refractivity contribution in [1.82, 2.24) is 4.98 Å². The molecule has 0 aliphatic rings. The molecule has 0 radical (unpaired) electrons. The number of aliphatic carboxylic acids is 1. The van der Waals surface area contributed by atoms with Gasteiger partial charge in [0.05, 0.1) is 11.4 Å². The molecule has 13 heavy (non-hydrogen) atoms. The molecule has 0 saturated carbocycles. The molecule has 3 nitrogen and oxygen atoms in total. The summed E-state index contributed by atoms with van der Waals surface area (Å²) >= 11 is 1.08. The maximum Gasteiger partial charge on any atom is 0.374 e. The third kappa shape index (κ3) is 2.45. The highest BCUT2D eigenvalue weighted by molar-refractivity contribution is 7.11. The molecular formula is C7H7F2NO2S. The first kappa shape index (κ1) is 10.0. The van der Waals surface area contributed by atoms with Crippen LogP contribution in [0.25, 0.3) is 0 Å². The van der Waals surface area contributed by atoms with Crippen molar-refractivity contribution in [2.45, 2.75) is 19.3 Å². The van der Waals surface area contributed by atoms with Crippen LogP contribution in [0, 0.1) is 6.92 Å². The Balaban J connectivity index is 2.74. The van der Waals surface area contributed by atoms with E-state index in [9.17, 15) is 13.6 Å². The maximum atomic E-state index is 12.6. The fourth-order valence-corrected chi connectivity index (χ4v) is 1.63. The first-order valence-electron chi connectivity index (χ1n) is 3.44. The minimum atomic E-state index is -3.70. The Morgan fingerprint density at radius 3 is 2.77 bits per heavy atom. The fraction of sp³-hybridized carbons (Fsp3) is 0.429. The molecule has 1 aromatic heterocycles. The molecule has 1 heterocycles. The Bertz CT molecular complexity index is 324. The highest BCUT2D eigenvalue weighted by atomic mass is 32.1. The van der Waals surface area contributed by atoms with Gasteiger partial charge in [0.15, 0.2) is 0 Å². The van der Waals surface area contributed by atoms with Gasteiger partial charge in [-0.05, 0) is 6.92 Å². The monoisotopic (exact) mass is 207 g/mol. The number of hydrogen-bond acceptors (Lipinski definition) is 3. The average molecular weight is 207 g/mol. The molecule has 1 N–H and O–H groups in total. The second kappa shape index (κ2) is 3.37. The van der Waals surface area contributed by atoms with Crippen molar-refractivity contribution in [2.75, 3.05) is 0 Å². The van der Waals surface area contributed by atoms with E-state index in [0.717, 1.165) is 11.3 Å². The van der Waals surface area contributed by atoms with Crippen LogP contribution in [0.4, 0.5) is 8.78 Å². The number of halogens is 2. The summed E-state index contributed by atoms with van der Waals surface area (Å²) in [4.78, 5) is 14.1. The Morgan fingerprint density at radius 2 is 2.38 bits per heavy atom. The van der Waals surface area contributed by atoms with E-state index in [1.165, 1.54) is 6.20 Å². The lowest BCUT2D eigenvalue weighted by Crippen LogP contribution is -2.30. The molecule has 6 heteroatoms. The van der Waals surface area contributed by atoms with Gasteiger partial charge in [0, 0.05) is 11.1 Å². The molecule has 0 bridgehead atoms. The minimum absolute atomic E-state index is 0.282. The minimum Gasteiger partial charge on any atom is -0.477 e. The van der Waals surface area contributed by atoms with Crippen molar-refractivity contribution in [3.8, 4) is 0 Å². The maximum absolute atomic E-state index is 12.6. The van der Waals surface area contributed by atoms with Gasteiger partial charge in [0.2, 0.25) is 0 Å². The van der Waals surface area contributed by atoms with Crippen molar-refractivity contribution in [2.24, 2.45) is 0 Å². The Kier molecular flexibility index (Phi) is 2.60. The van der Waals surface area contributed by atoms with Gasteiger partial charge in [-0.25, -0.2) is 9.78 Å². The summed E-state index contributed by atoms with van der Waals surface area (Å²) in [5.74, 6) is -5.79. The van der Waals surface area contributed by atoms with Crippen LogP contribution in [-0.4, -0.2) is 22.0 Å². The second-order valence-corrected chi connectivity index (χ2v) is 3.85. The lowest BCUT2D eigenvalue weighted by Gasteiger charge is -2.07. The molecule has 1 rings (SSSR count). The van der Waals surface area contributed by atoms with Gasteiger partial charge >= 0.3 is 11.9 Å². The summed E-state index contributed by atoms with van der Waals surface area (Å²) in [7, 11) is 0. The summed E-state index contributed by atoms with van der Waals surface area (Å²) in [6, 6.07) is 0. The van der Waals surface area contributed by atoms with E-state index in [1.807, 2.05) is 0 Å². The van der Waals surface area contributed by atoms with E-state index < -0.39 is 18.3 Å². The van der Waals surface area contributed by atoms with Crippen LogP contribution < -0.4 is 0 Å². The molecule has 0 atom stereocenters. The zero-order chi connectivity index (χ0) is 10.1. The van der Waals surface area contributed by atoms with Crippen LogP contribution in [-0.2, 0) is 11.2 Å². The van der Waals surface area contributed by atoms with Gasteiger partial charge < -0.3 is 5.11 Å². The number of nitrogens with zero attached hydrogens (tertiary/aromatic N) is 1. The Morgan fingerprint density at radius 1 is 1.77 bits per heavy atom. The zero-order valence-electron chi connectivity index (χ0n) is 6.75. The number of aryl methyl sites for hydroxylation is 1. The van der Waals surface area contributed by atoms with Gasteiger partial charge in [0.1, 0.15) is 0 Å². The zero-order valence-corrected chi connectivity index (χ0v) is 7.57. The predicted octanol–water partition coefficient (Wildman–Crippen LogP) is 1.71. The molecule has 0 saturated heterocycles. The third-order valence-corrected chi connectivity index (χ3v) is 2.29. The largest absolute Gasteiger partial charge is 0.477 e. The van der Waals surface area contributed by atoms with Gasteiger partial charge in [-0.15, -0.1) is 11.3 Å². The van der Waals surface area contributed by atoms with Crippen LogP contribution >= 0.6 is 11.3 Å². The second-order valence-electron chi connectivity index (χ2n) is 2.53. The number of carboxylic acid groups (broad SMARTS) is 1. The van der Waals surface area contributed by atoms with Crippen molar-refractivity contribution >= 4 is 17.3 Å². The van der Waals surface area contributed by atoms with E-state index in [1.54, 1.807) is 6.92 Å². The van der Waals surface area contributed by atoms with E-state index >= 15 is 0 Å². The molecular weight excluding hydrogens is 200 g/mol. The van der Waals surface area contributed by atoms with E-state index in [4.69, 9.17) is 5.11 Å². The molecule has 0 amide bonds. The first-order chi connectivity index (χ1) is 5.92. The van der Waals surface area contributed by atoms with Crippen molar-refractivity contribution in [3.63, 3.8) is 0 Å². The Labute approximate surface area is 77.0 Å². The molecule has 0 spiro atoms. The predicted molar refractivity (Wildman–Crippen MR) is 43.1 cm³/mol. The first-order valence-corrected chi connectivity index (χ1v) is 4.26. The van der Waals surface area contributed by atoms with Crippen LogP contribution in [0.15, 0.2) is 6.20 Å². The molecule has 0 unspecified atom stereocenters. The number of carboxylic acids is 1. The van der Waals surface area contributed by atoms with Crippen LogP contribution in [0.3, 0.4) is 0 Å². The lowest BCUT2D eigenvalue weighted by molar-refractivity contribution is -0.164. The summed E-state index contributed by atoms with van der Waals surface area (Å²) in [5, 5.41) is 8.79. The summed E-state index contributed by atoms with van der Waals surface area (Å²) in [6.07, 6.45) is 0.491. The normalized spacial score (nSPS) is 11.6. The number of rotatable bonds is 3. The van der Waals surface area contributed by atoms with Crippen LogP contribution in [0.5, 0.6) is 0 Å². The smallest absolute Gasteiger partial charge is 0.374 e. The number of hydrogen-bond donors (Lipinski definition) is 1. The summed E-state index contributed by atoms with van der Waals surface area (Å²) < 4.78 is 25.2. The molecule has 0 aromatic carbocycles. The van der Waals surface area contributed by atoms with E-state index in [-0.39, 0.29) is 4.88 Å². The average Bonchev–Trinajstić information content (AvgIpc) is 2.34. The SMILES string of the molecule is Cc1ncc(CC(F)(F)C(=O)O)s1. The van der Waals surface area contributed by atoms with Crippen LogP contribution in [0.1, 0.15) is 9.88 Å². The molecule has 72 valence electrons. The molecule has 0 fully saturated rings. The van der Waals surface area contributed by atoms with Crippen LogP contribution in [0.2, 0.25) is 0 Å². The van der Waals surface area contributed by atoms with E-state index in [0.29, 0.717) is 5.01 Å². The van der Waals surface area contributed by atoms with Crippen molar-refractivity contribution in [1.29, 1.82) is 0 Å². The van der Waals surface area contributed by atoms with Gasteiger partial charge in [0.25, 0.3) is 0 Å². The van der Waals surface area contributed by atoms with Gasteiger partial charge in [-0.3, -0.25) is 0 Å². The quantitative estimate of drug-likeness (QED) is 0.820. The molecule has 0 aliphatic carbocycles. The third-order valence-electron chi connectivity index (χ3n) is 1.38. The lowest BCUT2D eigenvalue weighted by atomic mass is 10.2. The molecule has 1 aromatic rings. The highest BCUT2D eigenvalue weighted by Crippen LogP contribution is 2.23. The number of thiazole rings is 1. The summed E-state index contributed by atoms with van der Waals surface area (Å²) in [5.41, 5.74) is 0. The highest BCUT2D eigenvalue weighted by Gasteiger charge is 2.39. The number of aromatic nitrogens is 1. The molecule has 0 aliphatic heterocycles. The fourth-order valence-electron chi connectivity index (χ4n) is 0.781. The summed E-state index contributed by atoms with van der Waals surface area (Å²) in [6.45, 7) is 1.67. The number of alkyl halides is 2. The Hall–Kier alpha value is -1.04. The van der Waals surface area contributed by atoms with Crippen molar-refractivity contribution in [3.05, 3.63) is 16.1 Å². The van der Waals surface area contributed by atoms with E-state index in [2.05, 4.69) is 4.98 Å². The topological polar surface area (TPSA) is 50.2 Å². The number of carbonyl (C=O) groups is 1. The van der Waals surface area contributed by atoms with Crippen molar-refractivity contribution < 1.29 is 18.7 Å². The standard InChI is InChI=1S/C7H7F2NO2S/c1-4-10-3-5(13-4)2-7(8,9)6(11)12/h3H,2H2,1H3,(H,11,12). The van der Waals surface area contributed by atoms with Gasteiger partial charge in [-0.1, -0.05) is 0 Å². The van der Waals surface area contributed by atoms with Gasteiger partial charge in [-0.2, -0.15) is 8.78 Å².